The first kappa shape index (κ1) is 11.5. The summed E-state index contributed by atoms with van der Waals surface area (Å²) in [7, 11) is 0. The molecule has 3 rings (SSSR count). The summed E-state index contributed by atoms with van der Waals surface area (Å²) in [5.41, 5.74) is 3.97. The third kappa shape index (κ3) is 1.85. The maximum Gasteiger partial charge on any atom is 0.171 e. The molecule has 0 aliphatic heterocycles. The number of halogens is 1. The predicted molar refractivity (Wildman–Crippen MR) is 76.8 cm³/mol. The molecule has 1 aromatic heterocycles. The average molecular weight is 302 g/mol. The highest BCUT2D eigenvalue weighted by Crippen LogP contribution is 2.34. The van der Waals surface area contributed by atoms with E-state index in [2.05, 4.69) is 34.1 Å². The topological polar surface area (TPSA) is 26.0 Å². The van der Waals surface area contributed by atoms with Gasteiger partial charge in [0, 0.05) is 16.0 Å². The Hall–Kier alpha value is -1.61. The van der Waals surface area contributed by atoms with Crippen LogP contribution in [0.2, 0.25) is 0 Å². The van der Waals surface area contributed by atoms with Gasteiger partial charge in [-0.15, -0.1) is 0 Å². The molecule has 1 heterocycles. The number of nitrogens with zero attached hydrogens (tertiary/aromatic N) is 1. The number of fused-ring (bicyclic) bond motifs is 1. The fourth-order valence-corrected chi connectivity index (χ4v) is 2.46. The summed E-state index contributed by atoms with van der Waals surface area (Å²) >= 11 is 3.58. The monoisotopic (exact) mass is 301 g/mol. The van der Waals surface area contributed by atoms with Crippen LogP contribution in [0.1, 0.15) is 17.3 Å². The fourth-order valence-electron chi connectivity index (χ4n) is 2.10. The molecule has 0 unspecified atom stereocenters. The van der Waals surface area contributed by atoms with Crippen molar-refractivity contribution in [2.24, 2.45) is 0 Å². The molecule has 3 aromatic rings. The van der Waals surface area contributed by atoms with Gasteiger partial charge in [0.25, 0.3) is 0 Å². The molecule has 0 fully saturated rings. The SMILES string of the molecule is C[C@@H](Br)c1cccc2c(-c3ccccc3)noc12. The van der Waals surface area contributed by atoms with Crippen LogP contribution in [0.25, 0.3) is 22.2 Å². The molecule has 1 atom stereocenters. The Morgan fingerprint density at radius 1 is 1.06 bits per heavy atom. The van der Waals surface area contributed by atoms with E-state index in [9.17, 15) is 0 Å². The Morgan fingerprint density at radius 3 is 2.56 bits per heavy atom. The lowest BCUT2D eigenvalue weighted by Gasteiger charge is -2.02. The molecule has 0 radical (unpaired) electrons. The van der Waals surface area contributed by atoms with Gasteiger partial charge in [0.1, 0.15) is 5.69 Å². The minimum Gasteiger partial charge on any atom is -0.355 e. The van der Waals surface area contributed by atoms with Crippen LogP contribution in [0.5, 0.6) is 0 Å². The molecule has 2 nitrogen and oxygen atoms in total. The van der Waals surface area contributed by atoms with E-state index in [0.717, 1.165) is 27.8 Å². The van der Waals surface area contributed by atoms with Crippen LogP contribution in [-0.4, -0.2) is 5.16 Å². The van der Waals surface area contributed by atoms with Gasteiger partial charge >= 0.3 is 0 Å². The molecule has 0 saturated carbocycles. The van der Waals surface area contributed by atoms with E-state index < -0.39 is 0 Å². The lowest BCUT2D eigenvalue weighted by molar-refractivity contribution is 0.457. The van der Waals surface area contributed by atoms with Crippen LogP contribution in [0.4, 0.5) is 0 Å². The smallest absolute Gasteiger partial charge is 0.171 e. The Kier molecular flexibility index (Phi) is 2.92. The van der Waals surface area contributed by atoms with Crippen molar-refractivity contribution in [3.8, 4) is 11.3 Å². The largest absolute Gasteiger partial charge is 0.355 e. The van der Waals surface area contributed by atoms with E-state index in [1.54, 1.807) is 0 Å². The van der Waals surface area contributed by atoms with Crippen molar-refractivity contribution >= 4 is 26.9 Å². The highest BCUT2D eigenvalue weighted by Gasteiger charge is 2.15. The molecule has 18 heavy (non-hydrogen) atoms. The van der Waals surface area contributed by atoms with Gasteiger partial charge in [-0.05, 0) is 13.0 Å². The van der Waals surface area contributed by atoms with Crippen molar-refractivity contribution in [2.75, 3.05) is 0 Å². The zero-order chi connectivity index (χ0) is 12.5. The first-order chi connectivity index (χ1) is 8.77. The molecular weight excluding hydrogens is 290 g/mol. The van der Waals surface area contributed by atoms with E-state index in [1.807, 2.05) is 42.5 Å². The zero-order valence-corrected chi connectivity index (χ0v) is 11.5. The van der Waals surface area contributed by atoms with E-state index >= 15 is 0 Å². The van der Waals surface area contributed by atoms with Gasteiger partial charge in [-0.2, -0.15) is 0 Å². The Balaban J connectivity index is 2.25. The highest BCUT2D eigenvalue weighted by atomic mass is 79.9. The van der Waals surface area contributed by atoms with Crippen LogP contribution in [0.15, 0.2) is 53.1 Å². The van der Waals surface area contributed by atoms with Gasteiger partial charge < -0.3 is 4.52 Å². The maximum absolute atomic E-state index is 5.52. The number of alkyl halides is 1. The van der Waals surface area contributed by atoms with Gasteiger partial charge in [-0.3, -0.25) is 0 Å². The van der Waals surface area contributed by atoms with E-state index in [-0.39, 0.29) is 4.83 Å². The summed E-state index contributed by atoms with van der Waals surface area (Å²) in [5, 5.41) is 5.27. The van der Waals surface area contributed by atoms with Crippen LogP contribution in [-0.2, 0) is 0 Å². The zero-order valence-electron chi connectivity index (χ0n) is 9.93. The van der Waals surface area contributed by atoms with Gasteiger partial charge in [-0.1, -0.05) is 63.6 Å². The molecule has 0 N–H and O–H groups in total. The number of hydrogen-bond donors (Lipinski definition) is 0. The minimum absolute atomic E-state index is 0.248. The molecule has 0 aliphatic carbocycles. The number of aromatic nitrogens is 1. The van der Waals surface area contributed by atoms with Gasteiger partial charge in [0.2, 0.25) is 0 Å². The van der Waals surface area contributed by atoms with Gasteiger partial charge in [0.05, 0.1) is 5.39 Å². The maximum atomic E-state index is 5.52. The Morgan fingerprint density at radius 2 is 1.83 bits per heavy atom. The molecule has 0 aliphatic rings. The molecule has 0 saturated heterocycles. The molecule has 0 spiro atoms. The first-order valence-electron chi connectivity index (χ1n) is 5.85. The standard InChI is InChI=1S/C15H12BrNO/c1-10(16)12-8-5-9-13-14(17-18-15(12)13)11-6-3-2-4-7-11/h2-10H,1H3/t10-/m1/s1. The second-order valence-corrected chi connectivity index (χ2v) is 5.61. The Bertz CT molecular complexity index is 673. The summed E-state index contributed by atoms with van der Waals surface area (Å²) in [5.74, 6) is 0. The molecular formula is C15H12BrNO. The van der Waals surface area contributed by atoms with Crippen LogP contribution in [0.3, 0.4) is 0 Å². The summed E-state index contributed by atoms with van der Waals surface area (Å²) in [4.78, 5) is 0.248. The van der Waals surface area contributed by atoms with Crippen molar-refractivity contribution < 1.29 is 4.52 Å². The van der Waals surface area contributed by atoms with Crippen molar-refractivity contribution in [1.29, 1.82) is 0 Å². The molecule has 3 heteroatoms. The predicted octanol–water partition coefficient (Wildman–Crippen LogP) is 4.95. The normalized spacial score (nSPS) is 12.8. The number of benzene rings is 2. The summed E-state index contributed by atoms with van der Waals surface area (Å²) in [6.07, 6.45) is 0. The van der Waals surface area contributed by atoms with Crippen molar-refractivity contribution in [2.45, 2.75) is 11.8 Å². The lowest BCUT2D eigenvalue weighted by atomic mass is 10.0. The third-order valence-corrected chi connectivity index (χ3v) is 3.50. The fraction of sp³-hybridized carbons (Fsp3) is 0.133. The average Bonchev–Trinajstić information content (AvgIpc) is 2.83. The van der Waals surface area contributed by atoms with E-state index in [0.29, 0.717) is 0 Å². The van der Waals surface area contributed by atoms with E-state index in [4.69, 9.17) is 4.52 Å². The summed E-state index contributed by atoms with van der Waals surface area (Å²) in [6, 6.07) is 16.2. The number of hydrogen-bond acceptors (Lipinski definition) is 2. The quantitative estimate of drug-likeness (QED) is 0.626. The second-order valence-electron chi connectivity index (χ2n) is 4.24. The van der Waals surface area contributed by atoms with Crippen LogP contribution in [0, 0.1) is 0 Å². The molecule has 2 aromatic carbocycles. The first-order valence-corrected chi connectivity index (χ1v) is 6.76. The minimum atomic E-state index is 0.248. The van der Waals surface area contributed by atoms with Crippen molar-refractivity contribution in [3.05, 3.63) is 54.1 Å². The third-order valence-electron chi connectivity index (χ3n) is 3.00. The summed E-state index contributed by atoms with van der Waals surface area (Å²) < 4.78 is 5.52. The molecule has 90 valence electrons. The van der Waals surface area contributed by atoms with Crippen molar-refractivity contribution in [3.63, 3.8) is 0 Å². The molecule has 0 amide bonds. The van der Waals surface area contributed by atoms with Gasteiger partial charge in [-0.25, -0.2) is 0 Å². The number of para-hydroxylation sites is 1. The summed E-state index contributed by atoms with van der Waals surface area (Å²) in [6.45, 7) is 2.08. The van der Waals surface area contributed by atoms with Gasteiger partial charge in [0.15, 0.2) is 5.58 Å². The van der Waals surface area contributed by atoms with E-state index in [1.165, 1.54) is 0 Å². The molecule has 0 bridgehead atoms. The highest BCUT2D eigenvalue weighted by molar-refractivity contribution is 9.09. The van der Waals surface area contributed by atoms with Crippen LogP contribution >= 0.6 is 15.9 Å². The second kappa shape index (κ2) is 4.58. The lowest BCUT2D eigenvalue weighted by Crippen LogP contribution is -1.84. The number of rotatable bonds is 2. The van der Waals surface area contributed by atoms with Crippen LogP contribution < -0.4 is 0 Å². The Labute approximate surface area is 114 Å². The van der Waals surface area contributed by atoms with Crippen molar-refractivity contribution in [1.82, 2.24) is 5.16 Å².